The average molecular weight is 372 g/mol. The van der Waals surface area contributed by atoms with Crippen molar-refractivity contribution < 1.29 is 9.59 Å². The van der Waals surface area contributed by atoms with E-state index in [1.807, 2.05) is 13.0 Å². The van der Waals surface area contributed by atoms with Crippen LogP contribution >= 0.6 is 11.3 Å². The normalized spacial score (nSPS) is 14.0. The van der Waals surface area contributed by atoms with Gasteiger partial charge < -0.3 is 4.57 Å². The lowest BCUT2D eigenvalue weighted by Crippen LogP contribution is -2.40. The molecule has 3 rings (SSSR count). The summed E-state index contributed by atoms with van der Waals surface area (Å²) in [5, 5.41) is 0. The molecule has 1 aliphatic carbocycles. The van der Waals surface area contributed by atoms with Crippen LogP contribution in [0.4, 0.5) is 0 Å². The van der Waals surface area contributed by atoms with Crippen LogP contribution in [0.1, 0.15) is 62.9 Å². The maximum atomic E-state index is 12.1. The van der Waals surface area contributed by atoms with Crippen molar-refractivity contribution in [2.45, 2.75) is 53.0 Å². The number of aryl methyl sites for hydroxylation is 3. The van der Waals surface area contributed by atoms with E-state index < -0.39 is 0 Å². The molecule has 1 saturated carbocycles. The summed E-state index contributed by atoms with van der Waals surface area (Å²) in [6.07, 6.45) is 6.61. The van der Waals surface area contributed by atoms with Crippen molar-refractivity contribution in [3.05, 3.63) is 50.5 Å². The molecule has 2 amide bonds. The number of nitrogens with one attached hydrogen (secondary N) is 2. The molecule has 2 aromatic rings. The van der Waals surface area contributed by atoms with Crippen molar-refractivity contribution in [3.8, 4) is 0 Å². The minimum atomic E-state index is -0.349. The fourth-order valence-corrected chi connectivity index (χ4v) is 4.24. The molecule has 6 heteroatoms. The van der Waals surface area contributed by atoms with Crippen LogP contribution in [-0.2, 0) is 11.2 Å². The van der Waals surface area contributed by atoms with E-state index in [-0.39, 0.29) is 11.8 Å². The van der Waals surface area contributed by atoms with Gasteiger partial charge in [0.1, 0.15) is 0 Å². The van der Waals surface area contributed by atoms with E-state index in [0.29, 0.717) is 10.9 Å². The van der Waals surface area contributed by atoms with Gasteiger partial charge >= 0.3 is 0 Å². The van der Waals surface area contributed by atoms with Gasteiger partial charge in [0.25, 0.3) is 11.8 Å². The first-order chi connectivity index (χ1) is 12.4. The zero-order valence-corrected chi connectivity index (χ0v) is 16.5. The third-order valence-corrected chi connectivity index (χ3v) is 6.09. The van der Waals surface area contributed by atoms with Crippen LogP contribution in [0.5, 0.6) is 0 Å². The molecule has 138 valence electrons. The monoisotopic (exact) mass is 371 g/mol. The molecule has 0 spiro atoms. The van der Waals surface area contributed by atoms with Crippen LogP contribution in [-0.4, -0.2) is 16.4 Å². The van der Waals surface area contributed by atoms with Crippen molar-refractivity contribution in [1.29, 1.82) is 0 Å². The van der Waals surface area contributed by atoms with Gasteiger partial charge in [-0.1, -0.05) is 6.92 Å². The van der Waals surface area contributed by atoms with Crippen molar-refractivity contribution in [1.82, 2.24) is 15.4 Å². The van der Waals surface area contributed by atoms with Gasteiger partial charge in [-0.15, -0.1) is 11.3 Å². The topological polar surface area (TPSA) is 63.1 Å². The Kier molecular flexibility index (Phi) is 5.32. The Morgan fingerprint density at radius 2 is 1.96 bits per heavy atom. The minimum absolute atomic E-state index is 0.286. The summed E-state index contributed by atoms with van der Waals surface area (Å²) in [7, 11) is 0. The maximum Gasteiger partial charge on any atom is 0.279 e. The fourth-order valence-electron chi connectivity index (χ4n) is 3.24. The molecule has 0 aliphatic heterocycles. The predicted octanol–water partition coefficient (Wildman–Crippen LogP) is 3.85. The highest BCUT2D eigenvalue weighted by Crippen LogP contribution is 2.38. The molecule has 1 aliphatic rings. The molecule has 1 fully saturated rings. The van der Waals surface area contributed by atoms with Gasteiger partial charge in [0.2, 0.25) is 0 Å². The molecule has 0 saturated heterocycles. The second kappa shape index (κ2) is 7.50. The molecule has 26 heavy (non-hydrogen) atoms. The number of hydrazine groups is 1. The number of thiophene rings is 1. The molecule has 2 heterocycles. The van der Waals surface area contributed by atoms with E-state index in [9.17, 15) is 9.59 Å². The molecule has 0 atom stereocenters. The lowest BCUT2D eigenvalue weighted by molar-refractivity contribution is -0.117. The molecule has 2 N–H and O–H groups in total. The Hall–Kier alpha value is -2.34. The number of carbonyl (C=O) groups excluding carboxylic acids is 2. The highest BCUT2D eigenvalue weighted by molar-refractivity contribution is 7.14. The first-order valence-corrected chi connectivity index (χ1v) is 9.78. The summed E-state index contributed by atoms with van der Waals surface area (Å²) in [4.78, 5) is 26.0. The summed E-state index contributed by atoms with van der Waals surface area (Å²) in [5.74, 6) is -0.634. The summed E-state index contributed by atoms with van der Waals surface area (Å²) in [6.45, 7) is 8.23. The fraction of sp³-hybridized carbons (Fsp3) is 0.400. The maximum absolute atomic E-state index is 12.1. The lowest BCUT2D eigenvalue weighted by atomic mass is 10.2. The van der Waals surface area contributed by atoms with Crippen LogP contribution in [0.25, 0.3) is 6.08 Å². The number of hydrogen-bond donors (Lipinski definition) is 2. The number of hydrogen-bond acceptors (Lipinski definition) is 3. The number of amides is 2. The van der Waals surface area contributed by atoms with Gasteiger partial charge in [0, 0.05) is 28.4 Å². The van der Waals surface area contributed by atoms with E-state index in [1.54, 1.807) is 6.08 Å². The van der Waals surface area contributed by atoms with E-state index in [2.05, 4.69) is 42.3 Å². The Labute approximate surface area is 158 Å². The van der Waals surface area contributed by atoms with Crippen molar-refractivity contribution in [2.24, 2.45) is 0 Å². The summed E-state index contributed by atoms with van der Waals surface area (Å²) in [6, 6.07) is 4.57. The highest BCUT2D eigenvalue weighted by atomic mass is 32.1. The predicted molar refractivity (Wildman–Crippen MR) is 105 cm³/mol. The number of carbonyl (C=O) groups is 2. The number of nitrogens with zero attached hydrogens (tertiary/aromatic N) is 1. The van der Waals surface area contributed by atoms with Gasteiger partial charge in [-0.05, 0) is 69.4 Å². The van der Waals surface area contributed by atoms with Gasteiger partial charge in [-0.2, -0.15) is 0 Å². The SMILES string of the molecule is CCc1sc(C(=O)NNC(=O)/C=C/c2cc(C)n(C3CC3)c2C)cc1C. The summed E-state index contributed by atoms with van der Waals surface area (Å²) in [5.41, 5.74) is 9.47. The Balaban J connectivity index is 1.58. The Morgan fingerprint density at radius 1 is 1.23 bits per heavy atom. The summed E-state index contributed by atoms with van der Waals surface area (Å²) < 4.78 is 2.34. The van der Waals surface area contributed by atoms with E-state index >= 15 is 0 Å². The van der Waals surface area contributed by atoms with Crippen molar-refractivity contribution in [3.63, 3.8) is 0 Å². The van der Waals surface area contributed by atoms with Gasteiger partial charge in [-0.3, -0.25) is 20.4 Å². The molecular weight excluding hydrogens is 346 g/mol. The third-order valence-electron chi connectivity index (χ3n) is 4.71. The molecular formula is C20H25N3O2S. The molecule has 0 aromatic carbocycles. The van der Waals surface area contributed by atoms with Gasteiger partial charge in [-0.25, -0.2) is 0 Å². The van der Waals surface area contributed by atoms with Crippen LogP contribution in [0.3, 0.4) is 0 Å². The smallest absolute Gasteiger partial charge is 0.279 e. The largest absolute Gasteiger partial charge is 0.346 e. The quantitative estimate of drug-likeness (QED) is 0.619. The van der Waals surface area contributed by atoms with Crippen LogP contribution in [0.2, 0.25) is 0 Å². The standard InChI is InChI=1S/C20H25N3O2S/c1-5-17-12(2)10-18(26-17)20(25)22-21-19(24)9-6-15-11-13(3)23(14(15)4)16-7-8-16/h6,9-11,16H,5,7-8H2,1-4H3,(H,21,24)(H,22,25)/b9-6+. The van der Waals surface area contributed by atoms with E-state index in [0.717, 1.165) is 17.5 Å². The van der Waals surface area contributed by atoms with E-state index in [4.69, 9.17) is 0 Å². The highest BCUT2D eigenvalue weighted by Gasteiger charge is 2.26. The number of aromatic nitrogens is 1. The van der Waals surface area contributed by atoms with Crippen LogP contribution in [0, 0.1) is 20.8 Å². The van der Waals surface area contributed by atoms with Crippen LogP contribution < -0.4 is 10.9 Å². The first kappa shape index (κ1) is 18.5. The second-order valence-corrected chi connectivity index (χ2v) is 7.91. The first-order valence-electron chi connectivity index (χ1n) is 8.96. The molecule has 0 bridgehead atoms. The zero-order chi connectivity index (χ0) is 18.8. The average Bonchev–Trinajstić information content (AvgIpc) is 3.30. The molecule has 5 nitrogen and oxygen atoms in total. The van der Waals surface area contributed by atoms with Gasteiger partial charge in [0.15, 0.2) is 0 Å². The minimum Gasteiger partial charge on any atom is -0.346 e. The Morgan fingerprint density at radius 3 is 2.58 bits per heavy atom. The summed E-state index contributed by atoms with van der Waals surface area (Å²) >= 11 is 1.46. The van der Waals surface area contributed by atoms with Crippen LogP contribution in [0.15, 0.2) is 18.2 Å². The van der Waals surface area contributed by atoms with Crippen molar-refractivity contribution in [2.75, 3.05) is 0 Å². The molecule has 0 unspecified atom stereocenters. The molecule has 2 aromatic heterocycles. The third kappa shape index (κ3) is 3.90. The van der Waals surface area contributed by atoms with Crippen molar-refractivity contribution >= 4 is 29.2 Å². The zero-order valence-electron chi connectivity index (χ0n) is 15.7. The lowest BCUT2D eigenvalue weighted by Gasteiger charge is -2.06. The molecule has 0 radical (unpaired) electrons. The second-order valence-electron chi connectivity index (χ2n) is 6.77. The Bertz CT molecular complexity index is 872. The number of rotatable bonds is 5. The van der Waals surface area contributed by atoms with E-state index in [1.165, 1.54) is 46.5 Å². The van der Waals surface area contributed by atoms with Gasteiger partial charge in [0.05, 0.1) is 4.88 Å².